The first-order valence-electron chi connectivity index (χ1n) is 7.17. The third kappa shape index (κ3) is 2.49. The summed E-state index contributed by atoms with van der Waals surface area (Å²) in [5.74, 6) is 1.51. The van der Waals surface area contributed by atoms with Crippen LogP contribution in [0.5, 0.6) is 0 Å². The van der Waals surface area contributed by atoms with Gasteiger partial charge in [0, 0.05) is 25.2 Å². The fourth-order valence-electron chi connectivity index (χ4n) is 3.58. The fourth-order valence-corrected chi connectivity index (χ4v) is 3.58. The molecule has 96 valence electrons. The topological polar surface area (TPSA) is 38.3 Å². The fraction of sp³-hybridized carbons (Fsp3) is 0.929. The normalized spacial score (nSPS) is 31.6. The van der Waals surface area contributed by atoms with E-state index in [-0.39, 0.29) is 11.4 Å². The molecule has 0 bridgehead atoms. The van der Waals surface area contributed by atoms with E-state index in [1.54, 1.807) is 0 Å². The highest BCUT2D eigenvalue weighted by atomic mass is 16.5. The zero-order valence-electron chi connectivity index (χ0n) is 10.5. The van der Waals surface area contributed by atoms with Gasteiger partial charge in [-0.1, -0.05) is 12.8 Å². The Bertz CT molecular complexity index is 287. The SMILES string of the molecule is O=C(CC1CCOC1)NC1(C2CCCC2)CC1. The van der Waals surface area contributed by atoms with Crippen LogP contribution in [0.4, 0.5) is 0 Å². The Balaban J connectivity index is 1.50. The van der Waals surface area contributed by atoms with Crippen LogP contribution in [0.3, 0.4) is 0 Å². The van der Waals surface area contributed by atoms with Crippen molar-refractivity contribution in [2.75, 3.05) is 13.2 Å². The first-order valence-corrected chi connectivity index (χ1v) is 7.17. The molecule has 3 fully saturated rings. The first-order chi connectivity index (χ1) is 8.28. The Kier molecular flexibility index (Phi) is 3.12. The standard InChI is InChI=1S/C14H23NO2/c16-13(9-11-5-8-17-10-11)15-14(6-7-14)12-3-1-2-4-12/h11-12H,1-10H2,(H,15,16). The summed E-state index contributed by atoms with van der Waals surface area (Å²) in [5, 5.41) is 3.34. The van der Waals surface area contributed by atoms with E-state index in [0.717, 1.165) is 25.6 Å². The van der Waals surface area contributed by atoms with Crippen molar-refractivity contribution >= 4 is 5.91 Å². The molecule has 1 heterocycles. The number of hydrogen-bond donors (Lipinski definition) is 1. The van der Waals surface area contributed by atoms with E-state index in [0.29, 0.717) is 12.3 Å². The van der Waals surface area contributed by atoms with E-state index < -0.39 is 0 Å². The van der Waals surface area contributed by atoms with Crippen molar-refractivity contribution in [3.8, 4) is 0 Å². The van der Waals surface area contributed by atoms with Gasteiger partial charge >= 0.3 is 0 Å². The molecule has 17 heavy (non-hydrogen) atoms. The van der Waals surface area contributed by atoms with Crippen LogP contribution in [0, 0.1) is 11.8 Å². The van der Waals surface area contributed by atoms with Gasteiger partial charge in [0.2, 0.25) is 5.91 Å². The molecule has 0 radical (unpaired) electrons. The van der Waals surface area contributed by atoms with Crippen molar-refractivity contribution in [2.24, 2.45) is 11.8 Å². The van der Waals surface area contributed by atoms with Crippen LogP contribution in [-0.2, 0) is 9.53 Å². The van der Waals surface area contributed by atoms with Gasteiger partial charge in [-0.05, 0) is 43.9 Å². The quantitative estimate of drug-likeness (QED) is 0.814. The van der Waals surface area contributed by atoms with Gasteiger partial charge in [0.1, 0.15) is 0 Å². The molecule has 3 aliphatic rings. The number of amides is 1. The molecule has 1 N–H and O–H groups in total. The van der Waals surface area contributed by atoms with Gasteiger partial charge in [-0.2, -0.15) is 0 Å². The van der Waals surface area contributed by atoms with Gasteiger partial charge in [0.15, 0.2) is 0 Å². The zero-order valence-corrected chi connectivity index (χ0v) is 10.5. The number of rotatable bonds is 4. The highest BCUT2D eigenvalue weighted by Crippen LogP contribution is 2.49. The highest BCUT2D eigenvalue weighted by molar-refractivity contribution is 5.77. The maximum Gasteiger partial charge on any atom is 0.220 e. The Hall–Kier alpha value is -0.570. The molecule has 0 aromatic rings. The van der Waals surface area contributed by atoms with Gasteiger partial charge in [-0.3, -0.25) is 4.79 Å². The third-order valence-corrected chi connectivity index (χ3v) is 4.81. The van der Waals surface area contributed by atoms with Crippen molar-refractivity contribution in [1.82, 2.24) is 5.32 Å². The second-order valence-corrected chi connectivity index (χ2v) is 6.12. The molecule has 3 nitrogen and oxygen atoms in total. The molecule has 1 atom stereocenters. The van der Waals surface area contributed by atoms with Crippen LogP contribution in [0.2, 0.25) is 0 Å². The number of nitrogens with one attached hydrogen (secondary N) is 1. The summed E-state index contributed by atoms with van der Waals surface area (Å²) >= 11 is 0. The zero-order chi connectivity index (χ0) is 11.7. The molecule has 1 amide bonds. The maximum absolute atomic E-state index is 12.0. The Labute approximate surface area is 103 Å². The molecule has 2 aliphatic carbocycles. The number of hydrogen-bond acceptors (Lipinski definition) is 2. The van der Waals surface area contributed by atoms with Crippen molar-refractivity contribution < 1.29 is 9.53 Å². The summed E-state index contributed by atoms with van der Waals surface area (Å²) in [7, 11) is 0. The van der Waals surface area contributed by atoms with E-state index in [4.69, 9.17) is 4.74 Å². The van der Waals surface area contributed by atoms with Crippen LogP contribution in [0.25, 0.3) is 0 Å². The van der Waals surface area contributed by atoms with Gasteiger partial charge in [-0.25, -0.2) is 0 Å². The lowest BCUT2D eigenvalue weighted by Crippen LogP contribution is -2.42. The molecule has 2 saturated carbocycles. The minimum absolute atomic E-state index is 0.215. The lowest BCUT2D eigenvalue weighted by atomic mass is 9.94. The molecule has 0 spiro atoms. The molecule has 3 rings (SSSR count). The second-order valence-electron chi connectivity index (χ2n) is 6.12. The summed E-state index contributed by atoms with van der Waals surface area (Å²) in [5.41, 5.74) is 0.215. The lowest BCUT2D eigenvalue weighted by molar-refractivity contribution is -0.123. The predicted molar refractivity (Wildman–Crippen MR) is 65.6 cm³/mol. The summed E-state index contributed by atoms with van der Waals surface area (Å²) in [4.78, 5) is 12.0. The number of ether oxygens (including phenoxy) is 1. The van der Waals surface area contributed by atoms with Gasteiger partial charge < -0.3 is 10.1 Å². The van der Waals surface area contributed by atoms with Crippen molar-refractivity contribution in [1.29, 1.82) is 0 Å². The van der Waals surface area contributed by atoms with Crippen LogP contribution in [0.15, 0.2) is 0 Å². The minimum atomic E-state index is 0.215. The lowest BCUT2D eigenvalue weighted by Gasteiger charge is -2.24. The molecule has 1 aliphatic heterocycles. The molecule has 1 unspecified atom stereocenters. The predicted octanol–water partition coefficient (Wildman–Crippen LogP) is 2.25. The van der Waals surface area contributed by atoms with Crippen LogP contribution >= 0.6 is 0 Å². The van der Waals surface area contributed by atoms with Crippen molar-refractivity contribution in [3.05, 3.63) is 0 Å². The molecular weight excluding hydrogens is 214 g/mol. The number of carbonyl (C=O) groups is 1. The van der Waals surface area contributed by atoms with E-state index >= 15 is 0 Å². The van der Waals surface area contributed by atoms with E-state index in [2.05, 4.69) is 5.32 Å². The van der Waals surface area contributed by atoms with E-state index in [1.807, 2.05) is 0 Å². The molecular formula is C14H23NO2. The van der Waals surface area contributed by atoms with Crippen molar-refractivity contribution in [3.63, 3.8) is 0 Å². The number of carbonyl (C=O) groups excluding carboxylic acids is 1. The van der Waals surface area contributed by atoms with E-state index in [1.165, 1.54) is 38.5 Å². The molecule has 3 heteroatoms. The first kappa shape index (κ1) is 11.5. The highest BCUT2D eigenvalue weighted by Gasteiger charge is 2.50. The monoisotopic (exact) mass is 237 g/mol. The Morgan fingerprint density at radius 1 is 1.24 bits per heavy atom. The smallest absolute Gasteiger partial charge is 0.220 e. The Morgan fingerprint density at radius 2 is 2.00 bits per heavy atom. The van der Waals surface area contributed by atoms with Gasteiger partial charge in [0.25, 0.3) is 0 Å². The molecule has 1 saturated heterocycles. The van der Waals surface area contributed by atoms with Gasteiger partial charge in [-0.15, -0.1) is 0 Å². The summed E-state index contributed by atoms with van der Waals surface area (Å²) in [6.07, 6.45) is 9.53. The maximum atomic E-state index is 12.0. The third-order valence-electron chi connectivity index (χ3n) is 4.81. The Morgan fingerprint density at radius 3 is 2.59 bits per heavy atom. The minimum Gasteiger partial charge on any atom is -0.381 e. The molecule has 0 aromatic carbocycles. The van der Waals surface area contributed by atoms with Crippen LogP contribution < -0.4 is 5.32 Å². The van der Waals surface area contributed by atoms with Crippen LogP contribution in [0.1, 0.15) is 51.4 Å². The van der Waals surface area contributed by atoms with Gasteiger partial charge in [0.05, 0.1) is 0 Å². The molecule has 0 aromatic heterocycles. The summed E-state index contributed by atoms with van der Waals surface area (Å²) in [6, 6.07) is 0. The second kappa shape index (κ2) is 4.60. The average Bonchev–Trinajstić information content (AvgIpc) is 2.76. The largest absolute Gasteiger partial charge is 0.381 e. The summed E-state index contributed by atoms with van der Waals surface area (Å²) in [6.45, 7) is 1.62. The van der Waals surface area contributed by atoms with Crippen LogP contribution in [-0.4, -0.2) is 24.7 Å². The summed E-state index contributed by atoms with van der Waals surface area (Å²) < 4.78 is 5.32. The average molecular weight is 237 g/mol. The van der Waals surface area contributed by atoms with Crippen molar-refractivity contribution in [2.45, 2.75) is 56.9 Å². The van der Waals surface area contributed by atoms with E-state index in [9.17, 15) is 4.79 Å².